The monoisotopic (exact) mass is 350 g/mol. The molecular formula is C21H22N2O3. The Labute approximate surface area is 153 Å². The molecule has 5 heteroatoms. The lowest BCUT2D eigenvalue weighted by Gasteiger charge is -2.46. The largest absolute Gasteiger partial charge is 0.349 e. The van der Waals surface area contributed by atoms with Crippen molar-refractivity contribution in [2.24, 2.45) is 0 Å². The van der Waals surface area contributed by atoms with E-state index in [1.165, 1.54) is 0 Å². The Kier molecular flexibility index (Phi) is 4.71. The number of nitrogens with zero attached hydrogens (tertiary/aromatic N) is 2. The zero-order valence-electron chi connectivity index (χ0n) is 14.6. The highest BCUT2D eigenvalue weighted by molar-refractivity contribution is 5.96. The second-order valence-corrected chi connectivity index (χ2v) is 6.78. The molecule has 2 bridgehead atoms. The number of amides is 2. The molecule has 134 valence electrons. The maximum atomic E-state index is 13.2. The van der Waals surface area contributed by atoms with Gasteiger partial charge in [-0.2, -0.15) is 0 Å². The van der Waals surface area contributed by atoms with Crippen molar-refractivity contribution in [3.05, 3.63) is 71.8 Å². The van der Waals surface area contributed by atoms with Gasteiger partial charge in [-0.3, -0.25) is 9.59 Å². The SMILES string of the molecule is O=C1[C@@H]2OCCC[C@@H](C(=O)N2Cc2ccccc2)N1Cc1ccccc1. The zero-order valence-corrected chi connectivity index (χ0v) is 14.6. The molecule has 0 radical (unpaired) electrons. The third kappa shape index (κ3) is 3.22. The molecule has 2 aromatic rings. The van der Waals surface area contributed by atoms with Gasteiger partial charge in [-0.1, -0.05) is 60.7 Å². The third-order valence-electron chi connectivity index (χ3n) is 5.01. The first-order chi connectivity index (χ1) is 12.7. The van der Waals surface area contributed by atoms with Crippen LogP contribution in [0.3, 0.4) is 0 Å². The van der Waals surface area contributed by atoms with Crippen LogP contribution in [0, 0.1) is 0 Å². The van der Waals surface area contributed by atoms with Gasteiger partial charge >= 0.3 is 0 Å². The second kappa shape index (κ2) is 7.30. The average molecular weight is 350 g/mol. The fourth-order valence-electron chi connectivity index (χ4n) is 3.69. The van der Waals surface area contributed by atoms with Gasteiger partial charge in [-0.25, -0.2) is 0 Å². The second-order valence-electron chi connectivity index (χ2n) is 6.78. The number of carbonyl (C=O) groups excluding carboxylic acids is 2. The van der Waals surface area contributed by atoms with E-state index in [4.69, 9.17) is 4.74 Å². The molecule has 0 aliphatic carbocycles. The third-order valence-corrected chi connectivity index (χ3v) is 5.01. The van der Waals surface area contributed by atoms with E-state index < -0.39 is 12.3 Å². The number of benzene rings is 2. The predicted octanol–water partition coefficient (Wildman–Crippen LogP) is 2.56. The highest BCUT2D eigenvalue weighted by Crippen LogP contribution is 2.28. The van der Waals surface area contributed by atoms with E-state index in [0.717, 1.165) is 17.5 Å². The minimum Gasteiger partial charge on any atom is -0.349 e. The molecule has 3 fully saturated rings. The number of fused-ring (bicyclic) bond motifs is 5. The summed E-state index contributed by atoms with van der Waals surface area (Å²) in [5, 5.41) is 0. The molecular weight excluding hydrogens is 328 g/mol. The van der Waals surface area contributed by atoms with Crippen LogP contribution in [0.1, 0.15) is 24.0 Å². The van der Waals surface area contributed by atoms with Gasteiger partial charge in [-0.15, -0.1) is 0 Å². The molecule has 2 atom stereocenters. The first-order valence-corrected chi connectivity index (χ1v) is 9.04. The van der Waals surface area contributed by atoms with Crippen molar-refractivity contribution in [3.63, 3.8) is 0 Å². The van der Waals surface area contributed by atoms with E-state index in [1.54, 1.807) is 9.80 Å². The van der Waals surface area contributed by atoms with Crippen molar-refractivity contribution in [1.82, 2.24) is 9.80 Å². The van der Waals surface area contributed by atoms with Gasteiger partial charge in [0.25, 0.3) is 5.91 Å². The van der Waals surface area contributed by atoms with Crippen molar-refractivity contribution in [3.8, 4) is 0 Å². The molecule has 5 rings (SSSR count). The standard InChI is InChI=1S/C21H22N2O3/c24-19-18-12-7-13-26-21(23(19)15-17-10-5-2-6-11-17)20(25)22(18)14-16-8-3-1-4-9-16/h1-6,8-11,18,21H,7,12-15H2/t18-,21-/m0/s1. The molecule has 0 spiro atoms. The van der Waals surface area contributed by atoms with Gasteiger partial charge in [0, 0.05) is 19.7 Å². The fraction of sp³-hybridized carbons (Fsp3) is 0.333. The van der Waals surface area contributed by atoms with Gasteiger partial charge in [0.05, 0.1) is 0 Å². The minimum absolute atomic E-state index is 0.0194. The molecule has 2 aromatic carbocycles. The van der Waals surface area contributed by atoms with Crippen molar-refractivity contribution < 1.29 is 14.3 Å². The van der Waals surface area contributed by atoms with Gasteiger partial charge < -0.3 is 14.5 Å². The molecule has 0 unspecified atom stereocenters. The maximum absolute atomic E-state index is 13.2. The van der Waals surface area contributed by atoms with E-state index in [9.17, 15) is 9.59 Å². The van der Waals surface area contributed by atoms with E-state index in [-0.39, 0.29) is 11.8 Å². The average Bonchev–Trinajstić information content (AvgIpc) is 2.66. The topological polar surface area (TPSA) is 49.9 Å². The van der Waals surface area contributed by atoms with Crippen molar-refractivity contribution in [2.45, 2.75) is 38.2 Å². The predicted molar refractivity (Wildman–Crippen MR) is 96.7 cm³/mol. The molecule has 3 heterocycles. The Balaban J connectivity index is 1.61. The molecule has 3 aliphatic rings. The van der Waals surface area contributed by atoms with E-state index in [2.05, 4.69) is 0 Å². The summed E-state index contributed by atoms with van der Waals surface area (Å²) >= 11 is 0. The quantitative estimate of drug-likeness (QED) is 0.852. The lowest BCUT2D eigenvalue weighted by Crippen LogP contribution is -2.65. The van der Waals surface area contributed by atoms with Gasteiger partial charge in [0.2, 0.25) is 12.1 Å². The maximum Gasteiger partial charge on any atom is 0.273 e. The van der Waals surface area contributed by atoms with Crippen LogP contribution in [0.2, 0.25) is 0 Å². The lowest BCUT2D eigenvalue weighted by atomic mass is 10.0. The normalized spacial score (nSPS) is 23.1. The van der Waals surface area contributed by atoms with Crippen molar-refractivity contribution in [1.29, 1.82) is 0 Å². The Morgan fingerprint density at radius 3 is 2.00 bits per heavy atom. The van der Waals surface area contributed by atoms with E-state index in [1.807, 2.05) is 60.7 Å². The summed E-state index contributed by atoms with van der Waals surface area (Å²) in [4.78, 5) is 29.6. The lowest BCUT2D eigenvalue weighted by molar-refractivity contribution is -0.190. The molecule has 0 saturated carbocycles. The summed E-state index contributed by atoms with van der Waals surface area (Å²) in [6.07, 6.45) is 0.586. The highest BCUT2D eigenvalue weighted by atomic mass is 16.5. The molecule has 2 amide bonds. The van der Waals surface area contributed by atoms with Crippen LogP contribution in [0.5, 0.6) is 0 Å². The number of rotatable bonds is 4. The van der Waals surface area contributed by atoms with Crippen LogP contribution < -0.4 is 0 Å². The van der Waals surface area contributed by atoms with Crippen LogP contribution in [0.15, 0.2) is 60.7 Å². The van der Waals surface area contributed by atoms with Crippen LogP contribution >= 0.6 is 0 Å². The first-order valence-electron chi connectivity index (χ1n) is 9.04. The zero-order chi connectivity index (χ0) is 17.9. The Bertz CT molecular complexity index is 711. The summed E-state index contributed by atoms with van der Waals surface area (Å²) in [5.41, 5.74) is 2.02. The number of piperazine rings is 1. The summed E-state index contributed by atoms with van der Waals surface area (Å²) in [7, 11) is 0. The van der Waals surface area contributed by atoms with Gasteiger partial charge in [0.15, 0.2) is 0 Å². The van der Waals surface area contributed by atoms with Crippen molar-refractivity contribution in [2.75, 3.05) is 6.61 Å². The number of hydrogen-bond donors (Lipinski definition) is 0. The smallest absolute Gasteiger partial charge is 0.273 e. The van der Waals surface area contributed by atoms with E-state index >= 15 is 0 Å². The van der Waals surface area contributed by atoms with Crippen LogP contribution in [-0.4, -0.2) is 40.5 Å². The van der Waals surface area contributed by atoms with Crippen LogP contribution in [0.25, 0.3) is 0 Å². The molecule has 5 nitrogen and oxygen atoms in total. The van der Waals surface area contributed by atoms with Crippen LogP contribution in [-0.2, 0) is 27.4 Å². The molecule has 3 saturated heterocycles. The Morgan fingerprint density at radius 2 is 1.38 bits per heavy atom. The van der Waals surface area contributed by atoms with Gasteiger partial charge in [-0.05, 0) is 24.0 Å². The Hall–Kier alpha value is -2.66. The number of carbonyl (C=O) groups is 2. The molecule has 26 heavy (non-hydrogen) atoms. The van der Waals surface area contributed by atoms with Gasteiger partial charge in [0.1, 0.15) is 6.04 Å². The summed E-state index contributed by atoms with van der Waals surface area (Å²) in [6.45, 7) is 1.34. The molecule has 0 N–H and O–H groups in total. The Morgan fingerprint density at radius 1 is 0.808 bits per heavy atom. The fourth-order valence-corrected chi connectivity index (χ4v) is 3.69. The van der Waals surface area contributed by atoms with Crippen molar-refractivity contribution >= 4 is 11.8 Å². The van der Waals surface area contributed by atoms with Crippen LogP contribution in [0.4, 0.5) is 0 Å². The highest BCUT2D eigenvalue weighted by Gasteiger charge is 2.47. The minimum atomic E-state index is -0.831. The first kappa shape index (κ1) is 16.8. The number of hydrogen-bond acceptors (Lipinski definition) is 3. The summed E-state index contributed by atoms with van der Waals surface area (Å²) < 4.78 is 5.82. The summed E-state index contributed by atoms with van der Waals surface area (Å²) in [6, 6.07) is 19.1. The molecule has 3 aliphatic heterocycles. The molecule has 0 aromatic heterocycles. The summed E-state index contributed by atoms with van der Waals surface area (Å²) in [5.74, 6) is -0.136. The number of ether oxygens (including phenoxy) is 1. The van der Waals surface area contributed by atoms with E-state index in [0.29, 0.717) is 26.1 Å².